The van der Waals surface area contributed by atoms with Crippen molar-refractivity contribution >= 4 is 11.9 Å². The topological polar surface area (TPSA) is 115 Å². The number of carboxylic acids is 1. The Labute approximate surface area is 151 Å². The number of amides is 1. The smallest absolute Gasteiger partial charge is 0.354 e. The number of rotatable bonds is 4. The number of aromatic amines is 1. The Balaban J connectivity index is 1.65. The molecule has 0 aromatic carbocycles. The molecule has 9 nitrogen and oxygen atoms in total. The maximum absolute atomic E-state index is 12.7. The first-order valence-electron chi connectivity index (χ1n) is 8.53. The highest BCUT2D eigenvalue weighted by Gasteiger charge is 2.23. The van der Waals surface area contributed by atoms with Crippen LogP contribution in [0.15, 0.2) is 12.3 Å². The second kappa shape index (κ2) is 7.61. The van der Waals surface area contributed by atoms with Crippen LogP contribution in [0.25, 0.3) is 0 Å². The van der Waals surface area contributed by atoms with E-state index in [0.717, 1.165) is 18.7 Å². The van der Waals surface area contributed by atoms with Gasteiger partial charge in [0.15, 0.2) is 0 Å². The molecule has 9 heteroatoms. The quantitative estimate of drug-likeness (QED) is 0.833. The molecular formula is C17H22N6O3. The Morgan fingerprint density at radius 2 is 2.00 bits per heavy atom. The summed E-state index contributed by atoms with van der Waals surface area (Å²) in [6.07, 6.45) is 2.36. The summed E-state index contributed by atoms with van der Waals surface area (Å²) in [5.74, 6) is -0.514. The van der Waals surface area contributed by atoms with E-state index in [1.54, 1.807) is 24.1 Å². The highest BCUT2D eigenvalue weighted by atomic mass is 16.4. The van der Waals surface area contributed by atoms with Crippen LogP contribution in [0, 0.1) is 13.8 Å². The molecule has 0 saturated carbocycles. The van der Waals surface area contributed by atoms with E-state index < -0.39 is 5.97 Å². The minimum atomic E-state index is -1.02. The van der Waals surface area contributed by atoms with Crippen molar-refractivity contribution in [1.29, 1.82) is 0 Å². The average Bonchev–Trinajstić information content (AvgIpc) is 2.92. The molecule has 0 aliphatic carbocycles. The summed E-state index contributed by atoms with van der Waals surface area (Å²) in [7, 11) is 0. The van der Waals surface area contributed by atoms with Crippen molar-refractivity contribution in [2.75, 3.05) is 26.2 Å². The zero-order valence-corrected chi connectivity index (χ0v) is 14.9. The van der Waals surface area contributed by atoms with E-state index in [4.69, 9.17) is 0 Å². The lowest BCUT2D eigenvalue weighted by Gasteiger charge is -2.21. The van der Waals surface area contributed by atoms with Gasteiger partial charge in [-0.15, -0.1) is 0 Å². The molecule has 3 heterocycles. The van der Waals surface area contributed by atoms with E-state index in [1.807, 2.05) is 6.92 Å². The third-order valence-electron chi connectivity index (χ3n) is 4.39. The molecule has 0 radical (unpaired) electrons. The average molecular weight is 358 g/mol. The molecular weight excluding hydrogens is 336 g/mol. The predicted molar refractivity (Wildman–Crippen MR) is 92.9 cm³/mol. The lowest BCUT2D eigenvalue weighted by molar-refractivity contribution is 0.0687. The number of nitrogens with zero attached hydrogens (tertiary/aromatic N) is 5. The van der Waals surface area contributed by atoms with E-state index >= 15 is 0 Å². The normalized spacial score (nSPS) is 15.7. The lowest BCUT2D eigenvalue weighted by atomic mass is 10.2. The summed E-state index contributed by atoms with van der Waals surface area (Å²) in [5.41, 5.74) is 1.97. The van der Waals surface area contributed by atoms with Gasteiger partial charge in [-0.3, -0.25) is 14.8 Å². The number of aromatic carboxylic acids is 1. The molecule has 138 valence electrons. The van der Waals surface area contributed by atoms with E-state index in [1.165, 1.54) is 0 Å². The fraction of sp³-hybridized carbons (Fsp3) is 0.471. The highest BCUT2D eigenvalue weighted by Crippen LogP contribution is 2.13. The molecule has 1 amide bonds. The van der Waals surface area contributed by atoms with Crippen molar-refractivity contribution < 1.29 is 14.7 Å². The molecule has 0 spiro atoms. The summed E-state index contributed by atoms with van der Waals surface area (Å²) in [6, 6.07) is 1.71. The molecule has 1 fully saturated rings. The monoisotopic (exact) mass is 358 g/mol. The first-order valence-corrected chi connectivity index (χ1v) is 8.53. The number of aromatic nitrogens is 4. The Morgan fingerprint density at radius 3 is 2.73 bits per heavy atom. The summed E-state index contributed by atoms with van der Waals surface area (Å²) in [4.78, 5) is 36.3. The van der Waals surface area contributed by atoms with Gasteiger partial charge in [-0.05, 0) is 26.3 Å². The summed E-state index contributed by atoms with van der Waals surface area (Å²) >= 11 is 0. The number of hydrogen-bond donors (Lipinski definition) is 2. The van der Waals surface area contributed by atoms with E-state index in [0.29, 0.717) is 43.3 Å². The number of aryl methyl sites for hydroxylation is 2. The standard InChI is InChI=1S/C17H22N6O3/c1-11-8-14(20-12(2)19-11)16(24)23-5-3-4-22(6-7-23)10-13-9-18-21-15(13)17(25)26/h8-9H,3-7,10H2,1-2H3,(H,18,21)(H,25,26). The van der Waals surface area contributed by atoms with Crippen LogP contribution in [-0.2, 0) is 6.54 Å². The van der Waals surface area contributed by atoms with Crippen LogP contribution >= 0.6 is 0 Å². The van der Waals surface area contributed by atoms with E-state index in [-0.39, 0.29) is 11.6 Å². The third kappa shape index (κ3) is 4.05. The second-order valence-electron chi connectivity index (χ2n) is 6.44. The fourth-order valence-electron chi connectivity index (χ4n) is 3.18. The van der Waals surface area contributed by atoms with Gasteiger partial charge in [-0.1, -0.05) is 0 Å². The van der Waals surface area contributed by atoms with Gasteiger partial charge < -0.3 is 10.0 Å². The largest absolute Gasteiger partial charge is 0.477 e. The maximum Gasteiger partial charge on any atom is 0.354 e. The first kappa shape index (κ1) is 18.0. The Bertz CT molecular complexity index is 798. The maximum atomic E-state index is 12.7. The highest BCUT2D eigenvalue weighted by molar-refractivity contribution is 5.92. The lowest BCUT2D eigenvalue weighted by Crippen LogP contribution is -2.35. The van der Waals surface area contributed by atoms with E-state index in [2.05, 4.69) is 25.1 Å². The number of carbonyl (C=O) groups is 2. The molecule has 0 bridgehead atoms. The number of carbonyl (C=O) groups excluding carboxylic acids is 1. The number of H-pyrrole nitrogens is 1. The minimum absolute atomic E-state index is 0.0880. The van der Waals surface area contributed by atoms with Crippen molar-refractivity contribution in [3.63, 3.8) is 0 Å². The number of carboxylic acid groups (broad SMARTS) is 1. The van der Waals surface area contributed by atoms with Crippen LogP contribution in [0.2, 0.25) is 0 Å². The molecule has 2 aromatic rings. The molecule has 0 atom stereocenters. The van der Waals surface area contributed by atoms with Gasteiger partial charge >= 0.3 is 5.97 Å². The van der Waals surface area contributed by atoms with Crippen molar-refractivity contribution in [3.8, 4) is 0 Å². The van der Waals surface area contributed by atoms with Gasteiger partial charge in [0.05, 0.1) is 6.20 Å². The van der Waals surface area contributed by atoms with Crippen molar-refractivity contribution in [1.82, 2.24) is 30.0 Å². The fourth-order valence-corrected chi connectivity index (χ4v) is 3.18. The Morgan fingerprint density at radius 1 is 1.19 bits per heavy atom. The Hall–Kier alpha value is -2.81. The SMILES string of the molecule is Cc1cc(C(=O)N2CCCN(Cc3cn[nH]c3C(=O)O)CC2)nc(C)n1. The molecule has 0 unspecified atom stereocenters. The molecule has 3 rings (SSSR count). The van der Waals surface area contributed by atoms with Crippen LogP contribution in [0.1, 0.15) is 44.5 Å². The van der Waals surface area contributed by atoms with Gasteiger partial charge in [0.2, 0.25) is 0 Å². The van der Waals surface area contributed by atoms with Crippen LogP contribution < -0.4 is 0 Å². The van der Waals surface area contributed by atoms with Crippen molar-refractivity contribution in [2.45, 2.75) is 26.8 Å². The van der Waals surface area contributed by atoms with Gasteiger partial charge in [0.1, 0.15) is 17.2 Å². The van der Waals surface area contributed by atoms with Gasteiger partial charge in [0, 0.05) is 44.0 Å². The van der Waals surface area contributed by atoms with Gasteiger partial charge in [-0.25, -0.2) is 14.8 Å². The van der Waals surface area contributed by atoms with Gasteiger partial charge in [0.25, 0.3) is 5.91 Å². The predicted octanol–water partition coefficient (Wildman–Crippen LogP) is 0.863. The van der Waals surface area contributed by atoms with Crippen LogP contribution in [0.4, 0.5) is 0 Å². The van der Waals surface area contributed by atoms with Crippen molar-refractivity contribution in [3.05, 3.63) is 40.7 Å². The third-order valence-corrected chi connectivity index (χ3v) is 4.39. The van der Waals surface area contributed by atoms with E-state index in [9.17, 15) is 14.7 Å². The number of nitrogens with one attached hydrogen (secondary N) is 1. The molecule has 2 aromatic heterocycles. The van der Waals surface area contributed by atoms with Crippen LogP contribution in [0.5, 0.6) is 0 Å². The molecule has 26 heavy (non-hydrogen) atoms. The Kier molecular flexibility index (Phi) is 5.27. The molecule has 1 aliphatic heterocycles. The summed E-state index contributed by atoms with van der Waals surface area (Å²) in [5, 5.41) is 15.5. The van der Waals surface area contributed by atoms with Crippen molar-refractivity contribution in [2.24, 2.45) is 0 Å². The van der Waals surface area contributed by atoms with Gasteiger partial charge in [-0.2, -0.15) is 5.10 Å². The molecule has 1 saturated heterocycles. The molecule has 1 aliphatic rings. The van der Waals surface area contributed by atoms with Crippen LogP contribution in [0.3, 0.4) is 0 Å². The summed E-state index contributed by atoms with van der Waals surface area (Å²) < 4.78 is 0. The first-order chi connectivity index (χ1) is 12.4. The minimum Gasteiger partial charge on any atom is -0.477 e. The molecule has 2 N–H and O–H groups in total. The zero-order chi connectivity index (χ0) is 18.7. The number of hydrogen-bond acceptors (Lipinski definition) is 6. The second-order valence-corrected chi connectivity index (χ2v) is 6.44. The zero-order valence-electron chi connectivity index (χ0n) is 14.9. The summed E-state index contributed by atoms with van der Waals surface area (Å²) in [6.45, 7) is 6.79. The van der Waals surface area contributed by atoms with Crippen LogP contribution in [-0.4, -0.2) is 73.1 Å².